The second-order valence-corrected chi connectivity index (χ2v) is 4.51. The number of fused-ring (bicyclic) bond motifs is 1. The summed E-state index contributed by atoms with van der Waals surface area (Å²) in [4.78, 5) is 24.9. The lowest BCUT2D eigenvalue weighted by Gasteiger charge is -2.12. The molecule has 22 heavy (non-hydrogen) atoms. The fourth-order valence-corrected chi connectivity index (χ4v) is 1.82. The quantitative estimate of drug-likeness (QED) is 0.928. The van der Waals surface area contributed by atoms with Crippen molar-refractivity contribution in [1.29, 1.82) is 0 Å². The van der Waals surface area contributed by atoms with Crippen LogP contribution in [0.4, 0.5) is 0 Å². The molecule has 1 heterocycles. The van der Waals surface area contributed by atoms with Crippen LogP contribution in [0.1, 0.15) is 19.0 Å². The third kappa shape index (κ3) is 3.75. The molecule has 0 aliphatic carbocycles. The minimum atomic E-state index is -0.745. The van der Waals surface area contributed by atoms with Gasteiger partial charge in [0.05, 0.1) is 25.4 Å². The molecule has 0 aliphatic rings. The molecule has 1 aromatic heterocycles. The molecular formula is C15H20N2O5. The number of aliphatic carboxylic acids is 1. The van der Waals surface area contributed by atoms with Crippen molar-refractivity contribution in [2.75, 3.05) is 14.2 Å². The molecule has 1 N–H and O–H groups in total. The smallest absolute Gasteiger partial charge is 0.348 e. The number of aromatic nitrogens is 2. The van der Waals surface area contributed by atoms with Crippen LogP contribution in [0.15, 0.2) is 16.9 Å². The van der Waals surface area contributed by atoms with E-state index in [9.17, 15) is 9.59 Å². The van der Waals surface area contributed by atoms with Gasteiger partial charge in [-0.15, -0.1) is 0 Å². The van der Waals surface area contributed by atoms with Crippen LogP contribution >= 0.6 is 0 Å². The summed E-state index contributed by atoms with van der Waals surface area (Å²) in [6.07, 6.45) is 0.222. The topological polar surface area (TPSA) is 90.7 Å². The molecule has 0 spiro atoms. The Morgan fingerprint density at radius 3 is 2.23 bits per heavy atom. The first kappa shape index (κ1) is 17.5. The zero-order valence-corrected chi connectivity index (χ0v) is 13.3. The molecule has 0 atom stereocenters. The van der Waals surface area contributed by atoms with E-state index in [0.29, 0.717) is 17.2 Å². The van der Waals surface area contributed by atoms with Gasteiger partial charge in [0.15, 0.2) is 11.5 Å². The van der Waals surface area contributed by atoms with Crippen LogP contribution in [0.25, 0.3) is 10.9 Å². The first-order valence-electron chi connectivity index (χ1n) is 6.66. The Kier molecular flexibility index (Phi) is 5.91. The van der Waals surface area contributed by atoms with E-state index in [0.717, 1.165) is 10.9 Å². The number of carboxylic acid groups (broad SMARTS) is 1. The van der Waals surface area contributed by atoms with E-state index in [1.807, 2.05) is 6.07 Å². The number of hydrogen-bond acceptors (Lipinski definition) is 5. The Labute approximate surface area is 128 Å². The number of benzene rings is 1. The zero-order chi connectivity index (χ0) is 16.9. The van der Waals surface area contributed by atoms with Gasteiger partial charge >= 0.3 is 11.7 Å². The lowest BCUT2D eigenvalue weighted by Crippen LogP contribution is -2.21. The molecule has 1 aromatic carbocycles. The SMILES string of the molecule is CCC(=O)O.COc1cc2c(C)nc(=O)n(C)c2cc1OC. The first-order chi connectivity index (χ1) is 10.3. The van der Waals surface area contributed by atoms with Crippen molar-refractivity contribution in [3.63, 3.8) is 0 Å². The van der Waals surface area contributed by atoms with Gasteiger partial charge in [-0.3, -0.25) is 9.36 Å². The van der Waals surface area contributed by atoms with Crippen LogP contribution in [-0.2, 0) is 11.8 Å². The molecule has 0 amide bonds. The van der Waals surface area contributed by atoms with Gasteiger partial charge in [0, 0.05) is 24.9 Å². The van der Waals surface area contributed by atoms with Gasteiger partial charge in [-0.05, 0) is 13.0 Å². The number of ether oxygens (including phenoxy) is 2. The van der Waals surface area contributed by atoms with E-state index < -0.39 is 5.97 Å². The van der Waals surface area contributed by atoms with Crippen molar-refractivity contribution in [3.05, 3.63) is 28.3 Å². The van der Waals surface area contributed by atoms with Crippen molar-refractivity contribution in [3.8, 4) is 11.5 Å². The van der Waals surface area contributed by atoms with E-state index in [-0.39, 0.29) is 12.1 Å². The van der Waals surface area contributed by atoms with Gasteiger partial charge in [-0.1, -0.05) is 6.92 Å². The number of carbonyl (C=O) groups is 1. The second kappa shape index (κ2) is 7.44. The zero-order valence-electron chi connectivity index (χ0n) is 13.3. The lowest BCUT2D eigenvalue weighted by atomic mass is 10.1. The Balaban J connectivity index is 0.000000422. The summed E-state index contributed by atoms with van der Waals surface area (Å²) < 4.78 is 11.9. The fourth-order valence-electron chi connectivity index (χ4n) is 1.82. The average Bonchev–Trinajstić information content (AvgIpc) is 2.51. The van der Waals surface area contributed by atoms with Gasteiger partial charge in [0.2, 0.25) is 0 Å². The van der Waals surface area contributed by atoms with Crippen LogP contribution < -0.4 is 15.2 Å². The van der Waals surface area contributed by atoms with Gasteiger partial charge in [0.1, 0.15) is 0 Å². The van der Waals surface area contributed by atoms with E-state index in [1.54, 1.807) is 41.2 Å². The number of rotatable bonds is 3. The highest BCUT2D eigenvalue weighted by Gasteiger charge is 2.11. The molecule has 0 bridgehead atoms. The summed E-state index contributed by atoms with van der Waals surface area (Å²) >= 11 is 0. The Hall–Kier alpha value is -2.57. The first-order valence-corrected chi connectivity index (χ1v) is 6.66. The van der Waals surface area contributed by atoms with Gasteiger partial charge in [-0.2, -0.15) is 4.98 Å². The van der Waals surface area contributed by atoms with Crippen molar-refractivity contribution in [1.82, 2.24) is 9.55 Å². The predicted molar refractivity (Wildman–Crippen MR) is 82.8 cm³/mol. The molecule has 0 radical (unpaired) electrons. The number of methoxy groups -OCH3 is 2. The largest absolute Gasteiger partial charge is 0.493 e. The van der Waals surface area contributed by atoms with Crippen LogP contribution in [0.3, 0.4) is 0 Å². The standard InChI is InChI=1S/C12H14N2O3.C3H6O2/c1-7-8-5-10(16-3)11(17-4)6-9(8)14(2)12(15)13-7;1-2-3(4)5/h5-6H,1-4H3;2H2,1H3,(H,4,5). The maximum Gasteiger partial charge on any atom is 0.348 e. The monoisotopic (exact) mass is 308 g/mol. The number of carboxylic acids is 1. The molecule has 0 saturated carbocycles. The summed E-state index contributed by atoms with van der Waals surface area (Å²) in [6, 6.07) is 3.61. The highest BCUT2D eigenvalue weighted by molar-refractivity contribution is 5.84. The molecule has 7 heteroatoms. The molecule has 0 fully saturated rings. The average molecular weight is 308 g/mol. The van der Waals surface area contributed by atoms with Crippen LogP contribution in [0.2, 0.25) is 0 Å². The molecule has 0 aliphatic heterocycles. The highest BCUT2D eigenvalue weighted by atomic mass is 16.5. The van der Waals surface area contributed by atoms with E-state index in [2.05, 4.69) is 4.98 Å². The van der Waals surface area contributed by atoms with Crippen molar-refractivity contribution in [2.45, 2.75) is 20.3 Å². The van der Waals surface area contributed by atoms with Crippen molar-refractivity contribution in [2.24, 2.45) is 7.05 Å². The number of nitrogens with zero attached hydrogens (tertiary/aromatic N) is 2. The minimum Gasteiger partial charge on any atom is -0.493 e. The molecule has 7 nitrogen and oxygen atoms in total. The van der Waals surface area contributed by atoms with Crippen molar-refractivity contribution < 1.29 is 19.4 Å². The third-order valence-corrected chi connectivity index (χ3v) is 3.11. The molecule has 120 valence electrons. The summed E-state index contributed by atoms with van der Waals surface area (Å²) in [6.45, 7) is 3.40. The third-order valence-electron chi connectivity index (χ3n) is 3.11. The fraction of sp³-hybridized carbons (Fsp3) is 0.400. The van der Waals surface area contributed by atoms with E-state index in [4.69, 9.17) is 14.6 Å². The minimum absolute atomic E-state index is 0.222. The Morgan fingerprint density at radius 1 is 1.27 bits per heavy atom. The highest BCUT2D eigenvalue weighted by Crippen LogP contribution is 2.32. The maximum absolute atomic E-state index is 11.6. The normalized spacial score (nSPS) is 9.86. The predicted octanol–water partition coefficient (Wildman–Crippen LogP) is 1.74. The molecule has 2 rings (SSSR count). The maximum atomic E-state index is 11.6. The second-order valence-electron chi connectivity index (χ2n) is 4.51. The summed E-state index contributed by atoms with van der Waals surface area (Å²) in [5.41, 5.74) is 1.19. The lowest BCUT2D eigenvalue weighted by molar-refractivity contribution is -0.136. The Morgan fingerprint density at radius 2 is 1.77 bits per heavy atom. The molecule has 2 aromatic rings. The van der Waals surface area contributed by atoms with E-state index in [1.165, 1.54) is 4.57 Å². The van der Waals surface area contributed by atoms with Crippen molar-refractivity contribution >= 4 is 16.9 Å². The molecule has 0 unspecified atom stereocenters. The van der Waals surface area contributed by atoms with Gasteiger partial charge < -0.3 is 14.6 Å². The summed E-state index contributed by atoms with van der Waals surface area (Å²) in [5.74, 6) is 0.481. The van der Waals surface area contributed by atoms with E-state index >= 15 is 0 Å². The number of aryl methyl sites for hydroxylation is 2. The van der Waals surface area contributed by atoms with Gasteiger partial charge in [0.25, 0.3) is 0 Å². The number of hydrogen-bond donors (Lipinski definition) is 1. The summed E-state index contributed by atoms with van der Waals surface area (Å²) in [5, 5.41) is 8.60. The van der Waals surface area contributed by atoms with Crippen LogP contribution in [0.5, 0.6) is 11.5 Å². The van der Waals surface area contributed by atoms with Crippen LogP contribution in [-0.4, -0.2) is 34.8 Å². The van der Waals surface area contributed by atoms with Crippen LogP contribution in [0, 0.1) is 6.92 Å². The molecular weight excluding hydrogens is 288 g/mol. The Bertz CT molecular complexity index is 737. The summed E-state index contributed by atoms with van der Waals surface area (Å²) in [7, 11) is 4.83. The van der Waals surface area contributed by atoms with Gasteiger partial charge in [-0.25, -0.2) is 4.79 Å². The molecule has 0 saturated heterocycles.